The summed E-state index contributed by atoms with van der Waals surface area (Å²) < 4.78 is 24.0. The van der Waals surface area contributed by atoms with Crippen LogP contribution >= 0.6 is 0 Å². The predicted octanol–water partition coefficient (Wildman–Crippen LogP) is 2.34. The average molecular weight is 556 g/mol. The van der Waals surface area contributed by atoms with E-state index in [1.165, 1.54) is 30.5 Å². The molecule has 0 bridgehead atoms. The predicted molar refractivity (Wildman–Crippen MR) is 142 cm³/mol. The van der Waals surface area contributed by atoms with Crippen molar-refractivity contribution < 1.29 is 38.1 Å². The molecule has 12 nitrogen and oxygen atoms in total. The number of fused-ring (bicyclic) bond motifs is 1. The summed E-state index contributed by atoms with van der Waals surface area (Å²) in [7, 11) is 2.31. The van der Waals surface area contributed by atoms with Crippen LogP contribution in [0.15, 0.2) is 29.3 Å². The number of H-pyrrole nitrogens is 1. The fourth-order valence-corrected chi connectivity index (χ4v) is 3.46. The third-order valence-corrected chi connectivity index (χ3v) is 5.81. The maximum atomic E-state index is 14.8. The molecule has 0 radical (unpaired) electrons. The number of halogens is 1. The molecule has 0 spiro atoms. The summed E-state index contributed by atoms with van der Waals surface area (Å²) in [6.45, 7) is 5.30. The number of carbonyl (C=O) groups excluding carboxylic acids is 4. The number of esters is 2. The lowest BCUT2D eigenvalue weighted by atomic mass is 9.96. The molecule has 1 aromatic heterocycles. The molecule has 2 atom stereocenters. The van der Waals surface area contributed by atoms with Crippen LogP contribution in [-0.2, 0) is 23.9 Å². The van der Waals surface area contributed by atoms with Gasteiger partial charge in [-0.25, -0.2) is 14.2 Å². The standard InChI is InChI=1S/C27H30FN5O7/c1-27(2,3)26(38)32-20-13-17-22(31-20)29-14-33(24(17)36)11-10-15-6-7-16(18(28)12-15)23(35)30-19(25(37)40-5)8-9-21(34)39-4/h6-7,12-14,19,24,31,36H,8-9H2,1-5H3,(H,30,35)(H,32,38)/t19-,24?/m1/s1. The second kappa shape index (κ2) is 12.4. The Morgan fingerprint density at radius 2 is 1.93 bits per heavy atom. The van der Waals surface area contributed by atoms with Gasteiger partial charge in [0.2, 0.25) is 5.91 Å². The highest BCUT2D eigenvalue weighted by Crippen LogP contribution is 2.33. The second-order valence-electron chi connectivity index (χ2n) is 9.81. The first-order valence-corrected chi connectivity index (χ1v) is 12.2. The van der Waals surface area contributed by atoms with Crippen LogP contribution in [0.3, 0.4) is 0 Å². The van der Waals surface area contributed by atoms with E-state index in [0.717, 1.165) is 13.2 Å². The largest absolute Gasteiger partial charge is 0.469 e. The quantitative estimate of drug-likeness (QED) is 0.299. The molecule has 1 aliphatic rings. The van der Waals surface area contributed by atoms with Crippen LogP contribution in [0.25, 0.3) is 0 Å². The van der Waals surface area contributed by atoms with Crippen LogP contribution in [0.5, 0.6) is 0 Å². The van der Waals surface area contributed by atoms with Crippen LogP contribution in [0.2, 0.25) is 0 Å². The number of benzene rings is 1. The number of anilines is 1. The number of nitrogens with one attached hydrogen (secondary N) is 3. The number of aromatic nitrogens is 1. The van der Waals surface area contributed by atoms with E-state index in [4.69, 9.17) is 0 Å². The smallest absolute Gasteiger partial charge is 0.328 e. The van der Waals surface area contributed by atoms with E-state index < -0.39 is 41.3 Å². The summed E-state index contributed by atoms with van der Waals surface area (Å²) >= 11 is 0. The van der Waals surface area contributed by atoms with Crippen LogP contribution in [0.4, 0.5) is 16.0 Å². The number of hydrogen-bond donors (Lipinski definition) is 4. The van der Waals surface area contributed by atoms with Gasteiger partial charge in [-0.3, -0.25) is 19.3 Å². The lowest BCUT2D eigenvalue weighted by Crippen LogP contribution is -2.42. The van der Waals surface area contributed by atoms with Crippen molar-refractivity contribution in [2.75, 3.05) is 19.5 Å². The highest BCUT2D eigenvalue weighted by atomic mass is 19.1. The molecule has 212 valence electrons. The number of nitrogens with zero attached hydrogens (tertiary/aromatic N) is 2. The Balaban J connectivity index is 1.70. The van der Waals surface area contributed by atoms with Gasteiger partial charge in [-0.15, -0.1) is 0 Å². The normalized spacial score (nSPS) is 14.8. The molecule has 40 heavy (non-hydrogen) atoms. The minimum atomic E-state index is -1.22. The number of aliphatic hydroxyl groups excluding tert-OH is 1. The number of ether oxygens (including phenoxy) is 2. The van der Waals surface area contributed by atoms with Crippen molar-refractivity contribution in [2.24, 2.45) is 10.4 Å². The first-order valence-electron chi connectivity index (χ1n) is 12.2. The number of aliphatic imine (C=N–C) groups is 1. The van der Waals surface area contributed by atoms with Crippen molar-refractivity contribution in [1.82, 2.24) is 15.2 Å². The van der Waals surface area contributed by atoms with Crippen LogP contribution in [0.1, 0.15) is 61.3 Å². The Morgan fingerprint density at radius 3 is 2.55 bits per heavy atom. The second-order valence-corrected chi connectivity index (χ2v) is 9.81. The topological polar surface area (TPSA) is 162 Å². The van der Waals surface area contributed by atoms with E-state index in [9.17, 15) is 28.7 Å². The molecule has 0 saturated carbocycles. The highest BCUT2D eigenvalue weighted by molar-refractivity contribution is 5.97. The Morgan fingerprint density at radius 1 is 1.20 bits per heavy atom. The summed E-state index contributed by atoms with van der Waals surface area (Å²) in [5.41, 5.74) is -0.391. The van der Waals surface area contributed by atoms with Gasteiger partial charge in [0.25, 0.3) is 5.91 Å². The van der Waals surface area contributed by atoms with Crippen molar-refractivity contribution in [2.45, 2.75) is 45.9 Å². The number of rotatable bonds is 7. The summed E-state index contributed by atoms with van der Waals surface area (Å²) in [6, 6.07) is 6.65. The summed E-state index contributed by atoms with van der Waals surface area (Å²) in [5.74, 6) is 0.0351. The number of aliphatic hydroxyl groups is 1. The van der Waals surface area contributed by atoms with E-state index in [-0.39, 0.29) is 29.9 Å². The summed E-state index contributed by atoms with van der Waals surface area (Å²) in [5, 5.41) is 15.8. The Kier molecular flexibility index (Phi) is 9.28. The van der Waals surface area contributed by atoms with Crippen molar-refractivity contribution in [3.05, 3.63) is 46.8 Å². The third-order valence-electron chi connectivity index (χ3n) is 5.81. The maximum absolute atomic E-state index is 14.8. The summed E-state index contributed by atoms with van der Waals surface area (Å²) in [4.78, 5) is 56.6. The van der Waals surface area contributed by atoms with Gasteiger partial charge in [-0.05, 0) is 36.6 Å². The maximum Gasteiger partial charge on any atom is 0.328 e. The molecule has 13 heteroatoms. The minimum Gasteiger partial charge on any atom is -0.469 e. The molecule has 2 amide bonds. The molecule has 4 N–H and O–H groups in total. The zero-order valence-corrected chi connectivity index (χ0v) is 22.6. The van der Waals surface area contributed by atoms with E-state index in [1.807, 2.05) is 0 Å². The van der Waals surface area contributed by atoms with E-state index >= 15 is 0 Å². The Hall–Kier alpha value is -4.70. The molecule has 0 aliphatic carbocycles. The fourth-order valence-electron chi connectivity index (χ4n) is 3.46. The highest BCUT2D eigenvalue weighted by Gasteiger charge is 2.27. The Labute approximate surface area is 229 Å². The lowest BCUT2D eigenvalue weighted by Gasteiger charge is -2.22. The van der Waals surface area contributed by atoms with Crippen molar-refractivity contribution >= 4 is 41.7 Å². The van der Waals surface area contributed by atoms with Gasteiger partial charge >= 0.3 is 11.9 Å². The van der Waals surface area contributed by atoms with Crippen molar-refractivity contribution in [1.29, 1.82) is 0 Å². The first kappa shape index (κ1) is 29.9. The molecule has 1 unspecified atom stereocenters. The monoisotopic (exact) mass is 555 g/mol. The van der Waals surface area contributed by atoms with Crippen LogP contribution in [-0.4, -0.2) is 65.3 Å². The van der Waals surface area contributed by atoms with Crippen LogP contribution < -0.4 is 10.6 Å². The van der Waals surface area contributed by atoms with Gasteiger partial charge in [-0.2, -0.15) is 0 Å². The van der Waals surface area contributed by atoms with Gasteiger partial charge in [0.15, 0.2) is 6.23 Å². The summed E-state index contributed by atoms with van der Waals surface area (Å²) in [6.07, 6.45) is -0.183. The van der Waals surface area contributed by atoms with E-state index in [0.29, 0.717) is 17.2 Å². The van der Waals surface area contributed by atoms with E-state index in [1.54, 1.807) is 26.8 Å². The number of methoxy groups -OCH3 is 2. The molecule has 0 saturated heterocycles. The number of amides is 2. The molecule has 2 aromatic rings. The molecular formula is C27H30FN5O7. The molecule has 1 aliphatic heterocycles. The van der Waals surface area contributed by atoms with E-state index in [2.05, 4.69) is 42.0 Å². The third kappa shape index (κ3) is 7.23. The Bertz CT molecular complexity index is 1400. The fraction of sp³-hybridized carbons (Fsp3) is 0.370. The number of aromatic amines is 1. The first-order chi connectivity index (χ1) is 18.8. The molecule has 2 heterocycles. The zero-order valence-electron chi connectivity index (χ0n) is 22.6. The number of carbonyl (C=O) groups is 4. The van der Waals surface area contributed by atoms with Gasteiger partial charge in [0.05, 0.1) is 19.8 Å². The SMILES string of the molecule is COC(=O)CC[C@@H](NC(=O)c1ccc(C#CN2C=Nc3[nH]c(NC(=O)C(C)(C)C)cc3C2O)cc1F)C(=O)OC. The molecule has 0 fully saturated rings. The number of hydrogen-bond acceptors (Lipinski definition) is 9. The van der Waals surface area contributed by atoms with Gasteiger partial charge in [0.1, 0.15) is 29.8 Å². The zero-order chi connectivity index (χ0) is 29.6. The van der Waals surface area contributed by atoms with Gasteiger partial charge in [-0.1, -0.05) is 20.8 Å². The van der Waals surface area contributed by atoms with Crippen LogP contribution in [0, 0.1) is 23.2 Å². The lowest BCUT2D eigenvalue weighted by molar-refractivity contribution is -0.144. The van der Waals surface area contributed by atoms with Crippen molar-refractivity contribution in [3.8, 4) is 12.0 Å². The van der Waals surface area contributed by atoms with Gasteiger partial charge < -0.3 is 30.2 Å². The van der Waals surface area contributed by atoms with Crippen molar-refractivity contribution in [3.63, 3.8) is 0 Å². The molecule has 1 aromatic carbocycles. The molecular weight excluding hydrogens is 525 g/mol. The van der Waals surface area contributed by atoms with Gasteiger partial charge in [0, 0.05) is 29.0 Å². The minimum absolute atomic E-state index is 0.0940. The molecule has 3 rings (SSSR count). The average Bonchev–Trinajstić information content (AvgIpc) is 3.32.